The van der Waals surface area contributed by atoms with Crippen LogP contribution >= 0.6 is 11.6 Å². The van der Waals surface area contributed by atoms with Gasteiger partial charge in [0.15, 0.2) is 5.58 Å². The standard InChI is InChI=1S/C16H14ClNO3/c17-12-6-8-13(9-7-12)20-11-3-10-18-14-4-1-2-5-15(14)21-16(18)19/h1-2,4-9H,3,10-11H2. The monoisotopic (exact) mass is 303 g/mol. The molecule has 21 heavy (non-hydrogen) atoms. The molecule has 0 bridgehead atoms. The highest BCUT2D eigenvalue weighted by molar-refractivity contribution is 6.30. The molecule has 0 aliphatic rings. The molecule has 0 amide bonds. The van der Waals surface area contributed by atoms with Gasteiger partial charge in [-0.15, -0.1) is 0 Å². The van der Waals surface area contributed by atoms with Gasteiger partial charge >= 0.3 is 5.76 Å². The highest BCUT2D eigenvalue weighted by Crippen LogP contribution is 2.16. The molecule has 0 spiro atoms. The second kappa shape index (κ2) is 6.06. The average molecular weight is 304 g/mol. The minimum absolute atomic E-state index is 0.331. The molecule has 0 atom stereocenters. The number of hydrogen-bond donors (Lipinski definition) is 0. The zero-order valence-electron chi connectivity index (χ0n) is 11.3. The van der Waals surface area contributed by atoms with Crippen molar-refractivity contribution in [1.82, 2.24) is 4.57 Å². The molecule has 0 N–H and O–H groups in total. The van der Waals surface area contributed by atoms with E-state index in [1.807, 2.05) is 30.3 Å². The minimum Gasteiger partial charge on any atom is -0.494 e. The Bertz CT molecular complexity index is 789. The first kappa shape index (κ1) is 13.8. The van der Waals surface area contributed by atoms with Crippen LogP contribution in [0.4, 0.5) is 0 Å². The number of halogens is 1. The number of oxazole rings is 1. The number of nitrogens with zero attached hydrogens (tertiary/aromatic N) is 1. The highest BCUT2D eigenvalue weighted by Gasteiger charge is 2.07. The molecule has 3 aromatic rings. The van der Waals surface area contributed by atoms with Crippen molar-refractivity contribution in [3.05, 3.63) is 64.1 Å². The molecular formula is C16H14ClNO3. The van der Waals surface area contributed by atoms with Gasteiger partial charge in [0.2, 0.25) is 0 Å². The molecule has 1 heterocycles. The molecule has 3 rings (SSSR count). The topological polar surface area (TPSA) is 44.4 Å². The molecule has 0 fully saturated rings. The van der Waals surface area contributed by atoms with Gasteiger partial charge in [0.1, 0.15) is 5.75 Å². The lowest BCUT2D eigenvalue weighted by molar-refractivity contribution is 0.300. The van der Waals surface area contributed by atoms with Crippen molar-refractivity contribution in [2.75, 3.05) is 6.61 Å². The van der Waals surface area contributed by atoms with Crippen LogP contribution in [0.2, 0.25) is 5.02 Å². The maximum absolute atomic E-state index is 11.8. The fourth-order valence-electron chi connectivity index (χ4n) is 2.17. The van der Waals surface area contributed by atoms with Crippen molar-refractivity contribution in [3.8, 4) is 5.75 Å². The van der Waals surface area contributed by atoms with Crippen molar-refractivity contribution in [2.45, 2.75) is 13.0 Å². The van der Waals surface area contributed by atoms with Gasteiger partial charge in [-0.25, -0.2) is 4.79 Å². The van der Waals surface area contributed by atoms with Crippen LogP contribution in [-0.4, -0.2) is 11.2 Å². The molecule has 0 saturated carbocycles. The number of benzene rings is 2. The lowest BCUT2D eigenvalue weighted by Crippen LogP contribution is -2.15. The summed E-state index contributed by atoms with van der Waals surface area (Å²) in [6.07, 6.45) is 0.714. The Hall–Kier alpha value is -2.20. The summed E-state index contributed by atoms with van der Waals surface area (Å²) < 4.78 is 12.4. The molecule has 0 aliphatic heterocycles. The summed E-state index contributed by atoms with van der Waals surface area (Å²) in [5.41, 5.74) is 1.43. The van der Waals surface area contributed by atoms with Crippen LogP contribution in [0.5, 0.6) is 5.75 Å². The second-order valence-electron chi connectivity index (χ2n) is 4.64. The van der Waals surface area contributed by atoms with E-state index in [-0.39, 0.29) is 5.76 Å². The molecule has 0 saturated heterocycles. The van der Waals surface area contributed by atoms with Crippen LogP contribution in [0.15, 0.2) is 57.7 Å². The molecule has 0 radical (unpaired) electrons. The zero-order valence-corrected chi connectivity index (χ0v) is 12.0. The van der Waals surface area contributed by atoms with Crippen LogP contribution < -0.4 is 10.5 Å². The third-order valence-electron chi connectivity index (χ3n) is 3.18. The second-order valence-corrected chi connectivity index (χ2v) is 5.08. The number of ether oxygens (including phenoxy) is 1. The lowest BCUT2D eigenvalue weighted by Gasteiger charge is -2.06. The van der Waals surface area contributed by atoms with E-state index in [1.165, 1.54) is 0 Å². The summed E-state index contributed by atoms with van der Waals surface area (Å²) in [6, 6.07) is 14.6. The first-order valence-corrected chi connectivity index (χ1v) is 7.08. The normalized spacial score (nSPS) is 10.9. The van der Waals surface area contributed by atoms with Crippen molar-refractivity contribution in [3.63, 3.8) is 0 Å². The van der Waals surface area contributed by atoms with E-state index in [9.17, 15) is 4.79 Å². The van der Waals surface area contributed by atoms with Crippen LogP contribution in [0.25, 0.3) is 11.1 Å². The number of para-hydroxylation sites is 2. The van der Waals surface area contributed by atoms with E-state index >= 15 is 0 Å². The summed E-state index contributed by atoms with van der Waals surface area (Å²) >= 11 is 5.81. The quantitative estimate of drug-likeness (QED) is 0.675. The summed E-state index contributed by atoms with van der Waals surface area (Å²) in [7, 11) is 0. The van der Waals surface area contributed by atoms with Crippen molar-refractivity contribution in [1.29, 1.82) is 0 Å². The fourth-order valence-corrected chi connectivity index (χ4v) is 2.30. The molecule has 0 aliphatic carbocycles. The Labute approximate surface area is 126 Å². The van der Waals surface area contributed by atoms with Gasteiger partial charge < -0.3 is 9.15 Å². The molecule has 108 valence electrons. The van der Waals surface area contributed by atoms with Gasteiger partial charge in [0.05, 0.1) is 12.1 Å². The number of fused-ring (bicyclic) bond motifs is 1. The van der Waals surface area contributed by atoms with Gasteiger partial charge in [-0.3, -0.25) is 4.57 Å². The van der Waals surface area contributed by atoms with E-state index < -0.39 is 0 Å². The van der Waals surface area contributed by atoms with Crippen LogP contribution in [0, 0.1) is 0 Å². The predicted molar refractivity (Wildman–Crippen MR) is 82.0 cm³/mol. The van der Waals surface area contributed by atoms with E-state index in [0.717, 1.165) is 11.3 Å². The van der Waals surface area contributed by atoms with Gasteiger partial charge in [0, 0.05) is 11.6 Å². The van der Waals surface area contributed by atoms with Crippen LogP contribution in [0.1, 0.15) is 6.42 Å². The first-order chi connectivity index (χ1) is 10.2. The third-order valence-corrected chi connectivity index (χ3v) is 3.43. The number of rotatable bonds is 5. The molecule has 4 nitrogen and oxygen atoms in total. The zero-order chi connectivity index (χ0) is 14.7. The summed E-state index contributed by atoms with van der Waals surface area (Å²) in [5.74, 6) is 0.437. The van der Waals surface area contributed by atoms with E-state index in [1.54, 1.807) is 22.8 Å². The molecular weight excluding hydrogens is 290 g/mol. The first-order valence-electron chi connectivity index (χ1n) is 6.71. The Morgan fingerprint density at radius 2 is 1.86 bits per heavy atom. The van der Waals surface area contributed by atoms with Gasteiger partial charge in [-0.05, 0) is 42.8 Å². The number of hydrogen-bond acceptors (Lipinski definition) is 3. The Kier molecular flexibility index (Phi) is 3.97. The Morgan fingerprint density at radius 3 is 2.67 bits per heavy atom. The highest BCUT2D eigenvalue weighted by atomic mass is 35.5. The molecule has 2 aromatic carbocycles. The Morgan fingerprint density at radius 1 is 1.10 bits per heavy atom. The van der Waals surface area contributed by atoms with E-state index in [4.69, 9.17) is 20.8 Å². The third kappa shape index (κ3) is 3.11. The van der Waals surface area contributed by atoms with E-state index in [0.29, 0.717) is 30.2 Å². The maximum atomic E-state index is 11.8. The molecule has 0 unspecified atom stereocenters. The van der Waals surface area contributed by atoms with E-state index in [2.05, 4.69) is 0 Å². The lowest BCUT2D eigenvalue weighted by atomic mass is 10.3. The molecule has 1 aromatic heterocycles. The predicted octanol–water partition coefficient (Wildman–Crippen LogP) is 3.72. The fraction of sp³-hybridized carbons (Fsp3) is 0.188. The van der Waals surface area contributed by atoms with Crippen LogP contribution in [-0.2, 0) is 6.54 Å². The maximum Gasteiger partial charge on any atom is 0.419 e. The summed E-state index contributed by atoms with van der Waals surface area (Å²) in [6.45, 7) is 1.08. The van der Waals surface area contributed by atoms with Gasteiger partial charge in [-0.1, -0.05) is 23.7 Å². The minimum atomic E-state index is -0.331. The SMILES string of the molecule is O=c1oc2ccccc2n1CCCOc1ccc(Cl)cc1. The smallest absolute Gasteiger partial charge is 0.419 e. The van der Waals surface area contributed by atoms with Crippen molar-refractivity contribution < 1.29 is 9.15 Å². The van der Waals surface area contributed by atoms with Gasteiger partial charge in [0.25, 0.3) is 0 Å². The number of aromatic nitrogens is 1. The van der Waals surface area contributed by atoms with Crippen LogP contribution in [0.3, 0.4) is 0 Å². The molecule has 5 heteroatoms. The van der Waals surface area contributed by atoms with Gasteiger partial charge in [-0.2, -0.15) is 0 Å². The summed E-state index contributed by atoms with van der Waals surface area (Å²) in [4.78, 5) is 11.8. The Balaban J connectivity index is 1.61. The average Bonchev–Trinajstić information content (AvgIpc) is 2.81. The number of aryl methyl sites for hydroxylation is 1. The summed E-state index contributed by atoms with van der Waals surface area (Å²) in [5, 5.41) is 0.679. The van der Waals surface area contributed by atoms with Crippen molar-refractivity contribution >= 4 is 22.7 Å². The largest absolute Gasteiger partial charge is 0.494 e. The van der Waals surface area contributed by atoms with Crippen molar-refractivity contribution in [2.24, 2.45) is 0 Å².